The molecule has 2 N–H and O–H groups in total. The third-order valence-electron chi connectivity index (χ3n) is 5.23. The highest BCUT2D eigenvalue weighted by molar-refractivity contribution is 7.10. The van der Waals surface area contributed by atoms with Crippen molar-refractivity contribution in [2.75, 3.05) is 6.61 Å². The number of amides is 1. The van der Waals surface area contributed by atoms with E-state index in [1.54, 1.807) is 11.3 Å². The van der Waals surface area contributed by atoms with Gasteiger partial charge in [0.05, 0.1) is 12.6 Å². The number of carbonyl (C=O) groups excluding carboxylic acids is 1. The molecule has 1 saturated carbocycles. The van der Waals surface area contributed by atoms with Gasteiger partial charge in [0.25, 0.3) is 0 Å². The first-order valence-corrected chi connectivity index (χ1v) is 10.2. The molecule has 0 bridgehead atoms. The van der Waals surface area contributed by atoms with Gasteiger partial charge in [0.2, 0.25) is 5.91 Å². The lowest BCUT2D eigenvalue weighted by Crippen LogP contribution is -2.32. The van der Waals surface area contributed by atoms with Crippen LogP contribution in [-0.4, -0.2) is 17.6 Å². The Morgan fingerprint density at radius 3 is 2.37 bits per heavy atom. The van der Waals surface area contributed by atoms with E-state index in [0.717, 1.165) is 23.1 Å². The molecule has 4 heteroatoms. The number of hydrogen-bond donors (Lipinski definition) is 2. The van der Waals surface area contributed by atoms with E-state index in [0.29, 0.717) is 5.92 Å². The molecule has 2 aromatic carbocycles. The summed E-state index contributed by atoms with van der Waals surface area (Å²) in [4.78, 5) is 13.8. The van der Waals surface area contributed by atoms with Crippen molar-refractivity contribution in [1.82, 2.24) is 5.32 Å². The monoisotopic (exact) mass is 377 g/mol. The van der Waals surface area contributed by atoms with Crippen molar-refractivity contribution in [3.05, 3.63) is 82.0 Å². The van der Waals surface area contributed by atoms with E-state index in [2.05, 4.69) is 48.0 Å². The Kier molecular flexibility index (Phi) is 5.10. The second-order valence-electron chi connectivity index (χ2n) is 7.20. The van der Waals surface area contributed by atoms with Crippen LogP contribution in [0.2, 0.25) is 0 Å². The van der Waals surface area contributed by atoms with Gasteiger partial charge >= 0.3 is 0 Å². The van der Waals surface area contributed by atoms with Gasteiger partial charge in [0.1, 0.15) is 0 Å². The topological polar surface area (TPSA) is 49.3 Å². The van der Waals surface area contributed by atoms with Crippen LogP contribution in [0.15, 0.2) is 66.0 Å². The van der Waals surface area contributed by atoms with Crippen molar-refractivity contribution in [3.8, 4) is 11.1 Å². The Labute approximate surface area is 163 Å². The fourth-order valence-corrected chi connectivity index (χ4v) is 4.38. The van der Waals surface area contributed by atoms with Crippen LogP contribution in [0, 0.1) is 12.8 Å². The van der Waals surface area contributed by atoms with E-state index in [1.165, 1.54) is 10.4 Å². The van der Waals surface area contributed by atoms with Gasteiger partial charge in [0, 0.05) is 16.7 Å². The van der Waals surface area contributed by atoms with E-state index >= 15 is 0 Å². The molecular formula is C23H23NO2S. The lowest BCUT2D eigenvalue weighted by atomic mass is 10.00. The summed E-state index contributed by atoms with van der Waals surface area (Å²) in [5.74, 6) is 0.410. The molecule has 3 nitrogen and oxygen atoms in total. The summed E-state index contributed by atoms with van der Waals surface area (Å²) in [7, 11) is 0. The van der Waals surface area contributed by atoms with Crippen LogP contribution >= 0.6 is 11.3 Å². The number of carbonyl (C=O) groups is 1. The van der Waals surface area contributed by atoms with Gasteiger partial charge in [-0.15, -0.1) is 11.3 Å². The SMILES string of the molecule is Cc1ccc(-c2ccc([C@H](CO)NC(=O)[C@@H]3C[C@H]3c3cccs3)cc2)cc1. The number of benzene rings is 2. The summed E-state index contributed by atoms with van der Waals surface area (Å²) in [5, 5.41) is 14.9. The summed E-state index contributed by atoms with van der Waals surface area (Å²) < 4.78 is 0. The summed E-state index contributed by atoms with van der Waals surface area (Å²) in [6.07, 6.45) is 0.900. The number of aliphatic hydroxyl groups excluding tert-OH is 1. The van der Waals surface area contributed by atoms with Gasteiger partial charge in [-0.05, 0) is 41.5 Å². The summed E-state index contributed by atoms with van der Waals surface area (Å²) in [5.41, 5.74) is 4.45. The summed E-state index contributed by atoms with van der Waals surface area (Å²) in [6, 6.07) is 20.2. The Morgan fingerprint density at radius 1 is 1.11 bits per heavy atom. The second-order valence-corrected chi connectivity index (χ2v) is 8.18. The first-order valence-electron chi connectivity index (χ1n) is 9.27. The highest BCUT2D eigenvalue weighted by Crippen LogP contribution is 2.49. The van der Waals surface area contributed by atoms with Crippen LogP contribution in [0.1, 0.15) is 34.4 Å². The summed E-state index contributed by atoms with van der Waals surface area (Å²) in [6.45, 7) is 1.97. The molecule has 1 heterocycles. The smallest absolute Gasteiger partial charge is 0.224 e. The van der Waals surface area contributed by atoms with Crippen molar-refractivity contribution < 1.29 is 9.90 Å². The van der Waals surface area contributed by atoms with Crippen molar-refractivity contribution in [3.63, 3.8) is 0 Å². The van der Waals surface area contributed by atoms with E-state index in [9.17, 15) is 9.90 Å². The van der Waals surface area contributed by atoms with Gasteiger partial charge < -0.3 is 10.4 Å². The molecule has 1 fully saturated rings. The highest BCUT2D eigenvalue weighted by atomic mass is 32.1. The lowest BCUT2D eigenvalue weighted by Gasteiger charge is -2.17. The van der Waals surface area contributed by atoms with Crippen molar-refractivity contribution in [2.45, 2.75) is 25.3 Å². The molecule has 27 heavy (non-hydrogen) atoms. The van der Waals surface area contributed by atoms with Crippen molar-refractivity contribution in [1.29, 1.82) is 0 Å². The third kappa shape index (κ3) is 3.97. The fourth-order valence-electron chi connectivity index (χ4n) is 3.47. The minimum atomic E-state index is -0.367. The number of rotatable bonds is 6. The predicted octanol–water partition coefficient (Wildman–Crippen LogP) is 4.68. The highest BCUT2D eigenvalue weighted by Gasteiger charge is 2.45. The molecule has 4 rings (SSSR count). The van der Waals surface area contributed by atoms with Crippen LogP contribution in [0.25, 0.3) is 11.1 Å². The predicted molar refractivity (Wildman–Crippen MR) is 110 cm³/mol. The number of aryl methyl sites for hydroxylation is 1. The zero-order valence-electron chi connectivity index (χ0n) is 15.3. The fraction of sp³-hybridized carbons (Fsp3) is 0.261. The number of thiophene rings is 1. The van der Waals surface area contributed by atoms with Crippen LogP contribution < -0.4 is 5.32 Å². The van der Waals surface area contributed by atoms with Gasteiger partial charge in [-0.2, -0.15) is 0 Å². The Morgan fingerprint density at radius 2 is 1.78 bits per heavy atom. The molecule has 3 aromatic rings. The Balaban J connectivity index is 1.42. The quantitative estimate of drug-likeness (QED) is 0.655. The van der Waals surface area contributed by atoms with E-state index in [-0.39, 0.29) is 24.5 Å². The van der Waals surface area contributed by atoms with Gasteiger partial charge in [-0.25, -0.2) is 0 Å². The third-order valence-corrected chi connectivity index (χ3v) is 6.24. The molecule has 0 saturated heterocycles. The minimum Gasteiger partial charge on any atom is -0.394 e. The molecule has 3 atom stereocenters. The molecule has 0 aliphatic heterocycles. The zero-order valence-corrected chi connectivity index (χ0v) is 16.1. The number of nitrogens with one attached hydrogen (secondary N) is 1. The normalized spacial score (nSPS) is 19.5. The summed E-state index contributed by atoms with van der Waals surface area (Å²) >= 11 is 1.71. The standard InChI is InChI=1S/C23H23NO2S/c1-15-4-6-16(7-5-15)17-8-10-18(11-9-17)21(14-25)24-23(26)20-13-19(20)22-3-2-12-27-22/h2-12,19-21,25H,13-14H2,1H3,(H,24,26)/t19-,20-,21+/m1/s1. The largest absolute Gasteiger partial charge is 0.394 e. The van der Waals surface area contributed by atoms with Crippen LogP contribution in [0.5, 0.6) is 0 Å². The molecule has 0 radical (unpaired) electrons. The molecule has 1 aliphatic carbocycles. The number of hydrogen-bond acceptors (Lipinski definition) is 3. The van der Waals surface area contributed by atoms with Crippen molar-refractivity contribution >= 4 is 17.2 Å². The average molecular weight is 378 g/mol. The van der Waals surface area contributed by atoms with Crippen LogP contribution in [0.4, 0.5) is 0 Å². The number of aliphatic hydroxyl groups is 1. The molecule has 0 spiro atoms. The molecule has 1 amide bonds. The van der Waals surface area contributed by atoms with Gasteiger partial charge in [-0.1, -0.05) is 60.2 Å². The maximum Gasteiger partial charge on any atom is 0.224 e. The molecular weight excluding hydrogens is 354 g/mol. The Bertz CT molecular complexity index is 901. The maximum absolute atomic E-state index is 12.6. The average Bonchev–Trinajstić information content (AvgIpc) is 3.32. The van der Waals surface area contributed by atoms with E-state index in [1.807, 2.05) is 30.3 Å². The second kappa shape index (κ2) is 7.67. The van der Waals surface area contributed by atoms with E-state index < -0.39 is 0 Å². The van der Waals surface area contributed by atoms with Crippen molar-refractivity contribution in [2.24, 2.45) is 5.92 Å². The molecule has 138 valence electrons. The van der Waals surface area contributed by atoms with Gasteiger partial charge in [0.15, 0.2) is 0 Å². The first-order chi connectivity index (χ1) is 13.2. The maximum atomic E-state index is 12.6. The van der Waals surface area contributed by atoms with E-state index in [4.69, 9.17) is 0 Å². The molecule has 0 unspecified atom stereocenters. The van der Waals surface area contributed by atoms with Gasteiger partial charge in [-0.3, -0.25) is 4.79 Å². The Hall–Kier alpha value is -2.43. The lowest BCUT2D eigenvalue weighted by molar-refractivity contribution is -0.123. The molecule has 1 aromatic heterocycles. The first kappa shape index (κ1) is 18.0. The zero-order chi connectivity index (χ0) is 18.8. The minimum absolute atomic E-state index is 0.0320. The van der Waals surface area contributed by atoms with Crippen LogP contribution in [0.3, 0.4) is 0 Å². The molecule has 1 aliphatic rings. The van der Waals surface area contributed by atoms with Crippen LogP contribution in [-0.2, 0) is 4.79 Å².